The SMILES string of the molecule is CC1C=C(c2cc(C#N)cc(-n3c4ccccc4c4cc(C#N)ccc43)c2)C=C(n2c3ccccc3c3ccccc32)C1. The van der Waals surface area contributed by atoms with Crippen LogP contribution in [0.3, 0.4) is 0 Å². The number of hydrogen-bond donors (Lipinski definition) is 0. The smallest absolute Gasteiger partial charge is 0.0992 e. The van der Waals surface area contributed by atoms with Crippen LogP contribution in [0.1, 0.15) is 30.0 Å². The Kier molecular flexibility index (Phi) is 5.58. The van der Waals surface area contributed by atoms with Crippen molar-refractivity contribution >= 4 is 54.9 Å². The number of nitriles is 2. The van der Waals surface area contributed by atoms with Crippen LogP contribution in [0.4, 0.5) is 0 Å². The lowest BCUT2D eigenvalue weighted by Crippen LogP contribution is -2.07. The summed E-state index contributed by atoms with van der Waals surface area (Å²) in [6, 6.07) is 42.1. The van der Waals surface area contributed by atoms with E-state index in [1.165, 1.54) is 27.5 Å². The van der Waals surface area contributed by atoms with Crippen molar-refractivity contribution in [2.45, 2.75) is 13.3 Å². The van der Waals surface area contributed by atoms with Crippen LogP contribution in [0, 0.1) is 28.6 Å². The second-order valence-corrected chi connectivity index (χ2v) is 11.4. The van der Waals surface area contributed by atoms with E-state index < -0.39 is 0 Å². The lowest BCUT2D eigenvalue weighted by Gasteiger charge is -2.22. The third kappa shape index (κ3) is 3.89. The second kappa shape index (κ2) is 9.62. The maximum Gasteiger partial charge on any atom is 0.0992 e. The molecule has 202 valence electrons. The molecular weight excluding hydrogens is 524 g/mol. The molecule has 43 heavy (non-hydrogen) atoms. The van der Waals surface area contributed by atoms with Crippen LogP contribution in [-0.2, 0) is 0 Å². The molecule has 0 bridgehead atoms. The fourth-order valence-corrected chi connectivity index (χ4v) is 6.84. The van der Waals surface area contributed by atoms with Crippen LogP contribution in [0.5, 0.6) is 0 Å². The Morgan fingerprint density at radius 1 is 0.605 bits per heavy atom. The number of hydrogen-bond acceptors (Lipinski definition) is 2. The molecular formula is C39H26N4. The van der Waals surface area contributed by atoms with Gasteiger partial charge in [-0.2, -0.15) is 10.5 Å². The monoisotopic (exact) mass is 550 g/mol. The molecule has 4 heteroatoms. The molecule has 0 N–H and O–H groups in total. The van der Waals surface area contributed by atoms with E-state index in [1.54, 1.807) is 0 Å². The minimum absolute atomic E-state index is 0.321. The number of benzene rings is 5. The predicted octanol–water partition coefficient (Wildman–Crippen LogP) is 9.60. The molecule has 1 aliphatic carbocycles. The molecule has 1 unspecified atom stereocenters. The zero-order valence-corrected chi connectivity index (χ0v) is 23.6. The standard InChI is InChI=1S/C39H26N4/c1-25-16-28(21-30(17-25)42-36-11-5-2-8-32(36)33-9-3-6-12-37(33)42)29-18-27(24-41)19-31(22-29)43-38-13-7-4-10-34(38)35-20-26(23-40)14-15-39(35)43/h2-16,18-22,25H,17H2,1H3. The highest BCUT2D eigenvalue weighted by molar-refractivity contribution is 6.11. The third-order valence-electron chi connectivity index (χ3n) is 8.62. The van der Waals surface area contributed by atoms with Crippen LogP contribution in [-0.4, -0.2) is 9.13 Å². The topological polar surface area (TPSA) is 57.4 Å². The van der Waals surface area contributed by atoms with Crippen molar-refractivity contribution in [1.82, 2.24) is 9.13 Å². The van der Waals surface area contributed by atoms with Crippen molar-refractivity contribution in [3.05, 3.63) is 138 Å². The number of para-hydroxylation sites is 3. The van der Waals surface area contributed by atoms with Crippen LogP contribution in [0.2, 0.25) is 0 Å². The van der Waals surface area contributed by atoms with Gasteiger partial charge in [-0.3, -0.25) is 0 Å². The molecule has 0 aliphatic heterocycles. The fourth-order valence-electron chi connectivity index (χ4n) is 6.84. The van der Waals surface area contributed by atoms with Crippen LogP contribution < -0.4 is 0 Å². The summed E-state index contributed by atoms with van der Waals surface area (Å²) in [6.45, 7) is 2.26. The van der Waals surface area contributed by atoms with Crippen molar-refractivity contribution in [3.8, 4) is 17.8 Å². The quantitative estimate of drug-likeness (QED) is 0.220. The van der Waals surface area contributed by atoms with E-state index in [1.807, 2.05) is 42.5 Å². The van der Waals surface area contributed by atoms with E-state index in [0.717, 1.165) is 45.1 Å². The lowest BCUT2D eigenvalue weighted by molar-refractivity contribution is 0.733. The van der Waals surface area contributed by atoms with Gasteiger partial charge in [0.1, 0.15) is 0 Å². The summed E-state index contributed by atoms with van der Waals surface area (Å²) in [5.41, 5.74) is 10.00. The molecule has 2 heterocycles. The molecule has 1 aliphatic rings. The molecule has 0 spiro atoms. The second-order valence-electron chi connectivity index (χ2n) is 11.4. The Morgan fingerprint density at radius 3 is 1.84 bits per heavy atom. The van der Waals surface area contributed by atoms with Gasteiger partial charge in [-0.05, 0) is 84.1 Å². The molecule has 0 amide bonds. The normalized spacial score (nSPS) is 15.0. The minimum atomic E-state index is 0.321. The van der Waals surface area contributed by atoms with Gasteiger partial charge in [0.05, 0.1) is 45.3 Å². The first-order chi connectivity index (χ1) is 21.1. The number of rotatable bonds is 3. The summed E-state index contributed by atoms with van der Waals surface area (Å²) in [5.74, 6) is 0.321. The third-order valence-corrected chi connectivity index (χ3v) is 8.62. The molecule has 4 nitrogen and oxygen atoms in total. The van der Waals surface area contributed by atoms with Gasteiger partial charge in [0.2, 0.25) is 0 Å². The van der Waals surface area contributed by atoms with Gasteiger partial charge in [0.25, 0.3) is 0 Å². The first-order valence-corrected chi connectivity index (χ1v) is 14.5. The first kappa shape index (κ1) is 24.9. The largest absolute Gasteiger partial charge is 0.313 e. The number of fused-ring (bicyclic) bond motifs is 6. The van der Waals surface area contributed by atoms with E-state index in [4.69, 9.17) is 0 Å². The number of allylic oxidation sites excluding steroid dienone is 4. The summed E-state index contributed by atoms with van der Waals surface area (Å²) in [4.78, 5) is 0. The summed E-state index contributed by atoms with van der Waals surface area (Å²) in [6.07, 6.45) is 5.54. The summed E-state index contributed by atoms with van der Waals surface area (Å²) < 4.78 is 4.61. The zero-order chi connectivity index (χ0) is 29.1. The van der Waals surface area contributed by atoms with Crippen LogP contribution in [0.15, 0.2) is 121 Å². The van der Waals surface area contributed by atoms with Gasteiger partial charge in [-0.15, -0.1) is 0 Å². The molecule has 2 aromatic heterocycles. The minimum Gasteiger partial charge on any atom is -0.313 e. The maximum absolute atomic E-state index is 10.1. The van der Waals surface area contributed by atoms with Gasteiger partial charge in [-0.25, -0.2) is 0 Å². The van der Waals surface area contributed by atoms with Gasteiger partial charge in [0.15, 0.2) is 0 Å². The Labute approximate surface area is 249 Å². The van der Waals surface area contributed by atoms with Crippen LogP contribution >= 0.6 is 0 Å². The zero-order valence-electron chi connectivity index (χ0n) is 23.6. The van der Waals surface area contributed by atoms with E-state index in [0.29, 0.717) is 17.0 Å². The molecule has 7 aromatic rings. The molecule has 0 radical (unpaired) electrons. The van der Waals surface area contributed by atoms with E-state index >= 15 is 0 Å². The Balaban J connectivity index is 1.34. The van der Waals surface area contributed by atoms with Crippen molar-refractivity contribution in [3.63, 3.8) is 0 Å². The van der Waals surface area contributed by atoms with Crippen LogP contribution in [0.25, 0.3) is 60.6 Å². The molecule has 0 saturated carbocycles. The molecule has 0 saturated heterocycles. The maximum atomic E-state index is 10.1. The summed E-state index contributed by atoms with van der Waals surface area (Å²) >= 11 is 0. The molecule has 8 rings (SSSR count). The average molecular weight is 551 g/mol. The van der Waals surface area contributed by atoms with E-state index in [-0.39, 0.29) is 0 Å². The van der Waals surface area contributed by atoms with Gasteiger partial charge in [-0.1, -0.05) is 67.6 Å². The van der Waals surface area contributed by atoms with Crippen molar-refractivity contribution in [2.75, 3.05) is 0 Å². The van der Waals surface area contributed by atoms with Crippen molar-refractivity contribution < 1.29 is 0 Å². The first-order valence-electron chi connectivity index (χ1n) is 14.5. The highest BCUT2D eigenvalue weighted by Crippen LogP contribution is 2.39. The van der Waals surface area contributed by atoms with Crippen molar-refractivity contribution in [1.29, 1.82) is 10.5 Å². The average Bonchev–Trinajstić information content (AvgIpc) is 3.57. The highest BCUT2D eigenvalue weighted by atomic mass is 15.0. The number of nitrogens with zero attached hydrogens (tertiary/aromatic N) is 4. The van der Waals surface area contributed by atoms with Gasteiger partial charge >= 0.3 is 0 Å². The Morgan fingerprint density at radius 2 is 1.19 bits per heavy atom. The van der Waals surface area contributed by atoms with Crippen molar-refractivity contribution in [2.24, 2.45) is 5.92 Å². The fraction of sp³-hybridized carbons (Fsp3) is 0.0769. The van der Waals surface area contributed by atoms with E-state index in [2.05, 4.69) is 107 Å². The molecule has 1 atom stereocenters. The Hall–Kier alpha value is -5.84. The summed E-state index contributed by atoms with van der Waals surface area (Å²) in [7, 11) is 0. The number of aromatic nitrogens is 2. The van der Waals surface area contributed by atoms with Gasteiger partial charge in [0, 0.05) is 32.9 Å². The van der Waals surface area contributed by atoms with Gasteiger partial charge < -0.3 is 9.13 Å². The summed E-state index contributed by atoms with van der Waals surface area (Å²) in [5, 5.41) is 24.3. The predicted molar refractivity (Wildman–Crippen MR) is 176 cm³/mol. The molecule has 5 aromatic carbocycles. The lowest BCUT2D eigenvalue weighted by atomic mass is 9.90. The highest BCUT2D eigenvalue weighted by Gasteiger charge is 2.20. The Bertz CT molecular complexity index is 2360. The molecule has 0 fully saturated rings. The van der Waals surface area contributed by atoms with E-state index in [9.17, 15) is 10.5 Å².